The van der Waals surface area contributed by atoms with Crippen molar-refractivity contribution in [1.29, 1.82) is 5.26 Å². The van der Waals surface area contributed by atoms with Crippen LogP contribution in [0.5, 0.6) is 11.6 Å². The van der Waals surface area contributed by atoms with Crippen LogP contribution in [-0.4, -0.2) is 9.91 Å². The summed E-state index contributed by atoms with van der Waals surface area (Å²) in [5.41, 5.74) is 0.735. The van der Waals surface area contributed by atoms with Crippen molar-refractivity contribution in [3.05, 3.63) is 55.3 Å². The molecule has 2 rings (SSSR count). The molecule has 6 nitrogen and oxygen atoms in total. The van der Waals surface area contributed by atoms with E-state index in [1.807, 2.05) is 28.7 Å². The lowest BCUT2D eigenvalue weighted by molar-refractivity contribution is -0.385. The van der Waals surface area contributed by atoms with Crippen LogP contribution in [0.2, 0.25) is 0 Å². The maximum absolute atomic E-state index is 11.1. The summed E-state index contributed by atoms with van der Waals surface area (Å²) >= 11 is 7.54. The SMILES string of the molecule is N#Cc1cc(I)c(Oc2ccc(CCl)cn2)c([N+](=O)[O-])c1. The van der Waals surface area contributed by atoms with Crippen molar-refractivity contribution >= 4 is 39.9 Å². The van der Waals surface area contributed by atoms with Gasteiger partial charge in [-0.1, -0.05) is 6.07 Å². The highest BCUT2D eigenvalue weighted by Crippen LogP contribution is 2.36. The Balaban J connectivity index is 2.43. The van der Waals surface area contributed by atoms with Crippen LogP contribution in [0.4, 0.5) is 5.69 Å². The van der Waals surface area contributed by atoms with Gasteiger partial charge >= 0.3 is 5.69 Å². The molecule has 2 aromatic rings. The smallest absolute Gasteiger partial charge is 0.314 e. The first kappa shape index (κ1) is 15.5. The minimum atomic E-state index is -0.592. The molecule has 21 heavy (non-hydrogen) atoms. The van der Waals surface area contributed by atoms with Crippen molar-refractivity contribution in [2.24, 2.45) is 0 Å². The lowest BCUT2D eigenvalue weighted by Gasteiger charge is -2.08. The summed E-state index contributed by atoms with van der Waals surface area (Å²) in [5, 5.41) is 20.0. The molecule has 8 heteroatoms. The number of ether oxygens (including phenoxy) is 1. The quantitative estimate of drug-likeness (QED) is 0.326. The summed E-state index contributed by atoms with van der Waals surface area (Å²) in [6, 6.07) is 7.85. The molecule has 1 heterocycles. The number of hydrogen-bond acceptors (Lipinski definition) is 5. The van der Waals surface area contributed by atoms with Gasteiger partial charge in [-0.25, -0.2) is 4.98 Å². The number of aromatic nitrogens is 1. The van der Waals surface area contributed by atoms with Gasteiger partial charge in [-0.2, -0.15) is 5.26 Å². The summed E-state index contributed by atoms with van der Waals surface area (Å²) in [4.78, 5) is 14.5. The van der Waals surface area contributed by atoms with E-state index >= 15 is 0 Å². The molecule has 0 bridgehead atoms. The Morgan fingerprint density at radius 3 is 2.76 bits per heavy atom. The Hall–Kier alpha value is -1.92. The number of rotatable bonds is 4. The number of nitrogens with zero attached hydrogens (tertiary/aromatic N) is 3. The Morgan fingerprint density at radius 2 is 2.24 bits per heavy atom. The number of nitriles is 1. The number of benzene rings is 1. The lowest BCUT2D eigenvalue weighted by Crippen LogP contribution is -1.98. The van der Waals surface area contributed by atoms with E-state index in [0.29, 0.717) is 9.45 Å². The van der Waals surface area contributed by atoms with Crippen molar-refractivity contribution in [3.63, 3.8) is 0 Å². The highest BCUT2D eigenvalue weighted by Gasteiger charge is 2.21. The molecular formula is C13H7ClIN3O3. The molecule has 106 valence electrons. The van der Waals surface area contributed by atoms with E-state index in [1.54, 1.807) is 12.1 Å². The topological polar surface area (TPSA) is 89.0 Å². The summed E-state index contributed by atoms with van der Waals surface area (Å²) < 4.78 is 5.95. The molecule has 0 radical (unpaired) electrons. The number of hydrogen-bond donors (Lipinski definition) is 0. The van der Waals surface area contributed by atoms with Crippen LogP contribution >= 0.6 is 34.2 Å². The minimum Gasteiger partial charge on any atom is -0.431 e. The fraction of sp³-hybridized carbons (Fsp3) is 0.0769. The molecule has 0 spiro atoms. The van der Waals surface area contributed by atoms with Gasteiger partial charge in [0.25, 0.3) is 0 Å². The van der Waals surface area contributed by atoms with Crippen LogP contribution in [0.15, 0.2) is 30.5 Å². The third-order valence-electron chi connectivity index (χ3n) is 2.51. The second-order valence-corrected chi connectivity index (χ2v) is 5.35. The predicted octanol–water partition coefficient (Wildman–Crippen LogP) is 4.00. The second-order valence-electron chi connectivity index (χ2n) is 3.92. The Labute approximate surface area is 138 Å². The molecule has 1 aromatic carbocycles. The van der Waals surface area contributed by atoms with Crippen LogP contribution in [0, 0.1) is 25.0 Å². The van der Waals surface area contributed by atoms with Gasteiger partial charge in [0, 0.05) is 24.2 Å². The normalized spacial score (nSPS) is 9.95. The van der Waals surface area contributed by atoms with Crippen LogP contribution in [0.1, 0.15) is 11.1 Å². The molecule has 0 aliphatic carbocycles. The standard InChI is InChI=1S/C13H7ClIN3O3/c14-5-8-1-2-12(17-7-8)21-13-10(15)3-9(6-16)4-11(13)18(19)20/h1-4,7H,5H2. The Bertz CT molecular complexity index is 729. The van der Waals surface area contributed by atoms with Gasteiger partial charge in [0.1, 0.15) is 0 Å². The van der Waals surface area contributed by atoms with Crippen LogP contribution in [-0.2, 0) is 5.88 Å². The van der Waals surface area contributed by atoms with Gasteiger partial charge in [0.05, 0.1) is 20.1 Å². The lowest BCUT2D eigenvalue weighted by atomic mass is 10.2. The fourth-order valence-electron chi connectivity index (χ4n) is 1.54. The number of nitro groups is 1. The van der Waals surface area contributed by atoms with Gasteiger partial charge in [0.2, 0.25) is 11.6 Å². The van der Waals surface area contributed by atoms with Gasteiger partial charge < -0.3 is 4.74 Å². The number of alkyl halides is 1. The van der Waals surface area contributed by atoms with Crippen LogP contribution < -0.4 is 4.74 Å². The molecule has 0 N–H and O–H groups in total. The monoisotopic (exact) mass is 415 g/mol. The van der Waals surface area contributed by atoms with E-state index in [0.717, 1.165) is 5.56 Å². The number of pyridine rings is 1. The maximum Gasteiger partial charge on any atom is 0.314 e. The zero-order chi connectivity index (χ0) is 15.4. The molecule has 0 unspecified atom stereocenters. The zero-order valence-electron chi connectivity index (χ0n) is 10.4. The molecule has 0 fully saturated rings. The highest BCUT2D eigenvalue weighted by molar-refractivity contribution is 14.1. The summed E-state index contributed by atoms with van der Waals surface area (Å²) in [5.74, 6) is 0.599. The Morgan fingerprint density at radius 1 is 1.48 bits per heavy atom. The van der Waals surface area contributed by atoms with Gasteiger partial charge in [-0.3, -0.25) is 10.1 Å². The minimum absolute atomic E-state index is 0.0609. The molecule has 0 atom stereocenters. The fourth-order valence-corrected chi connectivity index (χ4v) is 2.42. The first-order valence-electron chi connectivity index (χ1n) is 5.62. The number of nitro benzene ring substituents is 1. The molecule has 0 aliphatic rings. The van der Waals surface area contributed by atoms with Crippen molar-refractivity contribution in [1.82, 2.24) is 4.98 Å². The molecular weight excluding hydrogens is 409 g/mol. The third-order valence-corrected chi connectivity index (χ3v) is 3.62. The van der Waals surface area contributed by atoms with E-state index in [9.17, 15) is 10.1 Å². The molecule has 0 aliphatic heterocycles. The first-order chi connectivity index (χ1) is 10.0. The van der Waals surface area contributed by atoms with Crippen molar-refractivity contribution in [2.45, 2.75) is 5.88 Å². The van der Waals surface area contributed by atoms with Gasteiger partial charge in [0.15, 0.2) is 0 Å². The average Bonchev–Trinajstić information content (AvgIpc) is 2.49. The van der Waals surface area contributed by atoms with Crippen molar-refractivity contribution in [3.8, 4) is 17.7 Å². The van der Waals surface area contributed by atoms with Crippen molar-refractivity contribution in [2.75, 3.05) is 0 Å². The van der Waals surface area contributed by atoms with E-state index in [4.69, 9.17) is 21.6 Å². The van der Waals surface area contributed by atoms with E-state index < -0.39 is 4.92 Å². The van der Waals surface area contributed by atoms with E-state index in [-0.39, 0.29) is 22.9 Å². The largest absolute Gasteiger partial charge is 0.431 e. The summed E-state index contributed by atoms with van der Waals surface area (Å²) in [6.45, 7) is 0. The molecule has 1 aromatic heterocycles. The third kappa shape index (κ3) is 3.59. The van der Waals surface area contributed by atoms with Crippen LogP contribution in [0.3, 0.4) is 0 Å². The second kappa shape index (κ2) is 6.69. The van der Waals surface area contributed by atoms with E-state index in [2.05, 4.69) is 4.98 Å². The van der Waals surface area contributed by atoms with Gasteiger partial charge in [-0.05, 0) is 34.2 Å². The van der Waals surface area contributed by atoms with Gasteiger partial charge in [-0.15, -0.1) is 11.6 Å². The Kier molecular flexibility index (Phi) is 4.93. The number of halogens is 2. The predicted molar refractivity (Wildman–Crippen MR) is 84.4 cm³/mol. The average molecular weight is 416 g/mol. The molecule has 0 saturated carbocycles. The molecule has 0 saturated heterocycles. The highest BCUT2D eigenvalue weighted by atomic mass is 127. The molecule has 0 amide bonds. The zero-order valence-corrected chi connectivity index (χ0v) is 13.3. The summed E-state index contributed by atoms with van der Waals surface area (Å²) in [7, 11) is 0. The van der Waals surface area contributed by atoms with Crippen molar-refractivity contribution < 1.29 is 9.66 Å². The van der Waals surface area contributed by atoms with E-state index in [1.165, 1.54) is 18.3 Å². The maximum atomic E-state index is 11.1. The van der Waals surface area contributed by atoms with Crippen LogP contribution in [0.25, 0.3) is 0 Å². The summed E-state index contributed by atoms with van der Waals surface area (Å²) in [6.07, 6.45) is 1.53. The first-order valence-corrected chi connectivity index (χ1v) is 7.23.